The second-order valence-corrected chi connectivity index (χ2v) is 2.14. The average molecular weight is 124 g/mol. The van der Waals surface area contributed by atoms with E-state index in [9.17, 15) is 0 Å². The van der Waals surface area contributed by atoms with E-state index in [0.29, 0.717) is 0 Å². The quantitative estimate of drug-likeness (QED) is 0.548. The lowest BCUT2D eigenvalue weighted by Gasteiger charge is -2.03. The van der Waals surface area contributed by atoms with Crippen LogP contribution < -0.4 is 0 Å². The lowest BCUT2D eigenvalue weighted by Crippen LogP contribution is -1.88. The molecule has 0 heterocycles. The fourth-order valence-electron chi connectivity index (χ4n) is 0.962. The molecule has 0 aliphatic heterocycles. The van der Waals surface area contributed by atoms with Gasteiger partial charge in [0.2, 0.25) is 0 Å². The van der Waals surface area contributed by atoms with Gasteiger partial charge in [-0.2, -0.15) is 0 Å². The zero-order valence-electron chi connectivity index (χ0n) is 5.81. The van der Waals surface area contributed by atoms with E-state index in [1.54, 1.807) is 0 Å². The van der Waals surface area contributed by atoms with Gasteiger partial charge in [-0.25, -0.2) is 0 Å². The Kier molecular flexibility index (Phi) is 1.93. The second-order valence-electron chi connectivity index (χ2n) is 2.14. The van der Waals surface area contributed by atoms with E-state index in [4.69, 9.17) is 4.74 Å². The van der Waals surface area contributed by atoms with Gasteiger partial charge < -0.3 is 4.74 Å². The molecule has 1 nitrogen and oxygen atoms in total. The van der Waals surface area contributed by atoms with Gasteiger partial charge in [0.1, 0.15) is 5.76 Å². The maximum absolute atomic E-state index is 5.28. The SMILES string of the molecule is C=C1CCC=C1OCC. The molecule has 9 heavy (non-hydrogen) atoms. The van der Waals surface area contributed by atoms with Gasteiger partial charge >= 0.3 is 0 Å². The van der Waals surface area contributed by atoms with Gasteiger partial charge in [0.25, 0.3) is 0 Å². The molecule has 0 saturated heterocycles. The van der Waals surface area contributed by atoms with Crippen LogP contribution in [-0.4, -0.2) is 6.61 Å². The van der Waals surface area contributed by atoms with Crippen LogP contribution in [0.4, 0.5) is 0 Å². The highest BCUT2D eigenvalue weighted by Gasteiger charge is 2.08. The van der Waals surface area contributed by atoms with Crippen molar-refractivity contribution in [3.8, 4) is 0 Å². The van der Waals surface area contributed by atoms with Crippen molar-refractivity contribution in [2.75, 3.05) is 6.61 Å². The summed E-state index contributed by atoms with van der Waals surface area (Å²) in [4.78, 5) is 0. The molecule has 1 aliphatic carbocycles. The molecule has 0 aromatic heterocycles. The fraction of sp³-hybridized carbons (Fsp3) is 0.500. The standard InChI is InChI=1S/C8H12O/c1-3-9-8-6-4-5-7(8)2/h6H,2-5H2,1H3. The lowest BCUT2D eigenvalue weighted by molar-refractivity contribution is 0.239. The largest absolute Gasteiger partial charge is 0.494 e. The molecule has 1 heteroatoms. The number of hydrogen-bond donors (Lipinski definition) is 0. The van der Waals surface area contributed by atoms with Gasteiger partial charge in [0, 0.05) is 0 Å². The summed E-state index contributed by atoms with van der Waals surface area (Å²) < 4.78 is 5.28. The second kappa shape index (κ2) is 2.72. The van der Waals surface area contributed by atoms with E-state index < -0.39 is 0 Å². The van der Waals surface area contributed by atoms with Gasteiger partial charge in [-0.05, 0) is 31.4 Å². The Morgan fingerprint density at radius 1 is 1.78 bits per heavy atom. The Labute approximate surface area is 56.0 Å². The van der Waals surface area contributed by atoms with Crippen molar-refractivity contribution in [3.05, 3.63) is 24.0 Å². The monoisotopic (exact) mass is 124 g/mol. The van der Waals surface area contributed by atoms with Crippen molar-refractivity contribution >= 4 is 0 Å². The molecule has 0 N–H and O–H groups in total. The van der Waals surface area contributed by atoms with Crippen molar-refractivity contribution in [1.29, 1.82) is 0 Å². The van der Waals surface area contributed by atoms with Crippen LogP contribution in [0.3, 0.4) is 0 Å². The molecule has 1 aliphatic rings. The number of allylic oxidation sites excluding steroid dienone is 2. The van der Waals surface area contributed by atoms with Crippen LogP contribution in [0.15, 0.2) is 24.0 Å². The van der Waals surface area contributed by atoms with Crippen molar-refractivity contribution in [1.82, 2.24) is 0 Å². The Morgan fingerprint density at radius 3 is 3.00 bits per heavy atom. The molecular formula is C8H12O. The van der Waals surface area contributed by atoms with Crippen molar-refractivity contribution in [2.24, 2.45) is 0 Å². The van der Waals surface area contributed by atoms with Crippen molar-refractivity contribution in [2.45, 2.75) is 19.8 Å². The third kappa shape index (κ3) is 1.35. The Balaban J connectivity index is 2.47. The number of hydrogen-bond acceptors (Lipinski definition) is 1. The minimum Gasteiger partial charge on any atom is -0.494 e. The van der Waals surface area contributed by atoms with Crippen LogP contribution in [0.25, 0.3) is 0 Å². The molecule has 0 aromatic carbocycles. The van der Waals surface area contributed by atoms with Gasteiger partial charge in [0.15, 0.2) is 0 Å². The van der Waals surface area contributed by atoms with Gasteiger partial charge in [-0.15, -0.1) is 0 Å². The summed E-state index contributed by atoms with van der Waals surface area (Å²) in [6.45, 7) is 6.61. The van der Waals surface area contributed by atoms with E-state index >= 15 is 0 Å². The van der Waals surface area contributed by atoms with E-state index in [0.717, 1.165) is 30.8 Å². The summed E-state index contributed by atoms with van der Waals surface area (Å²) in [6, 6.07) is 0. The molecule has 0 unspecified atom stereocenters. The third-order valence-corrected chi connectivity index (χ3v) is 1.42. The molecule has 0 saturated carbocycles. The molecule has 1 rings (SSSR count). The normalized spacial score (nSPS) is 17.9. The number of ether oxygens (including phenoxy) is 1. The van der Waals surface area contributed by atoms with Crippen LogP contribution >= 0.6 is 0 Å². The topological polar surface area (TPSA) is 9.23 Å². The van der Waals surface area contributed by atoms with Gasteiger partial charge in [0.05, 0.1) is 6.61 Å². The van der Waals surface area contributed by atoms with Crippen molar-refractivity contribution < 1.29 is 4.74 Å². The van der Waals surface area contributed by atoms with Crippen LogP contribution in [0.1, 0.15) is 19.8 Å². The molecule has 0 radical (unpaired) electrons. The smallest absolute Gasteiger partial charge is 0.117 e. The van der Waals surface area contributed by atoms with Crippen LogP contribution in [0.2, 0.25) is 0 Å². The first-order chi connectivity index (χ1) is 4.34. The highest BCUT2D eigenvalue weighted by atomic mass is 16.5. The molecular weight excluding hydrogens is 112 g/mol. The summed E-state index contributed by atoms with van der Waals surface area (Å²) in [5.41, 5.74) is 1.15. The zero-order chi connectivity index (χ0) is 6.69. The predicted octanol–water partition coefficient (Wildman–Crippen LogP) is 2.26. The maximum atomic E-state index is 5.28. The van der Waals surface area contributed by atoms with Crippen LogP contribution in [-0.2, 0) is 4.74 Å². The molecule has 0 fully saturated rings. The van der Waals surface area contributed by atoms with E-state index in [1.807, 2.05) is 6.92 Å². The zero-order valence-corrected chi connectivity index (χ0v) is 5.81. The van der Waals surface area contributed by atoms with Crippen LogP contribution in [0, 0.1) is 0 Å². The molecule has 0 spiro atoms. The minimum absolute atomic E-state index is 0.755. The number of rotatable bonds is 2. The summed E-state index contributed by atoms with van der Waals surface area (Å²) in [7, 11) is 0. The third-order valence-electron chi connectivity index (χ3n) is 1.42. The molecule has 0 aromatic rings. The Hall–Kier alpha value is -0.720. The highest BCUT2D eigenvalue weighted by Crippen LogP contribution is 2.23. The fourth-order valence-corrected chi connectivity index (χ4v) is 0.962. The first-order valence-corrected chi connectivity index (χ1v) is 3.35. The lowest BCUT2D eigenvalue weighted by atomic mass is 10.2. The first kappa shape index (κ1) is 6.40. The summed E-state index contributed by atoms with van der Waals surface area (Å²) >= 11 is 0. The van der Waals surface area contributed by atoms with E-state index in [2.05, 4.69) is 12.7 Å². The first-order valence-electron chi connectivity index (χ1n) is 3.35. The summed E-state index contributed by atoms with van der Waals surface area (Å²) in [5, 5.41) is 0. The highest BCUT2D eigenvalue weighted by molar-refractivity contribution is 5.27. The average Bonchev–Trinajstić information content (AvgIpc) is 2.18. The molecule has 0 atom stereocenters. The van der Waals surface area contributed by atoms with Gasteiger partial charge in [-0.3, -0.25) is 0 Å². The van der Waals surface area contributed by atoms with E-state index in [1.165, 1.54) is 0 Å². The Bertz CT molecular complexity index is 145. The summed E-state index contributed by atoms with van der Waals surface area (Å²) in [5.74, 6) is 1.01. The molecule has 50 valence electrons. The van der Waals surface area contributed by atoms with Gasteiger partial charge in [-0.1, -0.05) is 6.58 Å². The predicted molar refractivity (Wildman–Crippen MR) is 38.1 cm³/mol. The Morgan fingerprint density at radius 2 is 2.56 bits per heavy atom. The molecule has 0 bridgehead atoms. The van der Waals surface area contributed by atoms with Crippen molar-refractivity contribution in [3.63, 3.8) is 0 Å². The maximum Gasteiger partial charge on any atom is 0.117 e. The van der Waals surface area contributed by atoms with E-state index in [-0.39, 0.29) is 0 Å². The minimum atomic E-state index is 0.755. The molecule has 0 amide bonds. The van der Waals surface area contributed by atoms with Crippen LogP contribution in [0.5, 0.6) is 0 Å². The summed E-state index contributed by atoms with van der Waals surface area (Å²) in [6.07, 6.45) is 4.29.